The van der Waals surface area contributed by atoms with Crippen LogP contribution in [0.5, 0.6) is 0 Å². The van der Waals surface area contributed by atoms with Crippen LogP contribution in [0.3, 0.4) is 0 Å². The third kappa shape index (κ3) is 5.24. The zero-order valence-electron chi connectivity index (χ0n) is 19.0. The van der Waals surface area contributed by atoms with Crippen molar-refractivity contribution < 1.29 is 0 Å². The van der Waals surface area contributed by atoms with Crippen molar-refractivity contribution in [2.75, 3.05) is 5.32 Å². The van der Waals surface area contributed by atoms with Crippen LogP contribution in [0.4, 0.5) is 5.69 Å². The molecule has 1 nitrogen and oxygen atoms in total. The summed E-state index contributed by atoms with van der Waals surface area (Å²) in [6, 6.07) is 26.0. The Morgan fingerprint density at radius 3 is 2.36 bits per heavy atom. The normalized spacial score (nSPS) is 13.5. The fourth-order valence-corrected chi connectivity index (χ4v) is 5.35. The average molecular weight is 448 g/mol. The predicted octanol–water partition coefficient (Wildman–Crippen LogP) is 8.88. The molecule has 0 fully saturated rings. The molecule has 1 heterocycles. The number of benzene rings is 3. The van der Waals surface area contributed by atoms with E-state index in [1.807, 2.05) is 30.4 Å². The van der Waals surface area contributed by atoms with Gasteiger partial charge in [-0.2, -0.15) is 0 Å². The summed E-state index contributed by atoms with van der Waals surface area (Å²) in [6.07, 6.45) is 12.9. The third-order valence-electron chi connectivity index (χ3n) is 5.65. The molecule has 0 aliphatic rings. The quantitative estimate of drug-likeness (QED) is 0.253. The first-order chi connectivity index (χ1) is 16.2. The Balaban J connectivity index is 1.76. The first-order valence-electron chi connectivity index (χ1n) is 11.2. The topological polar surface area (TPSA) is 12.0 Å². The number of hydrogen-bond acceptors (Lipinski definition) is 2. The van der Waals surface area contributed by atoms with Gasteiger partial charge in [-0.15, -0.1) is 11.3 Å². The zero-order chi connectivity index (χ0) is 23.0. The summed E-state index contributed by atoms with van der Waals surface area (Å²) < 4.78 is 2.62. The number of nitrogens with one attached hydrogen (secondary N) is 1. The lowest BCUT2D eigenvalue weighted by Crippen LogP contribution is -2.25. The van der Waals surface area contributed by atoms with E-state index in [1.54, 1.807) is 0 Å². The van der Waals surface area contributed by atoms with Crippen LogP contribution >= 0.6 is 11.3 Å². The smallest absolute Gasteiger partial charge is 0.0560 e. The van der Waals surface area contributed by atoms with Crippen molar-refractivity contribution in [2.24, 2.45) is 0 Å². The number of rotatable bonds is 9. The molecule has 0 aliphatic heterocycles. The lowest BCUT2D eigenvalue weighted by molar-refractivity contribution is 0.826. The Labute approximate surface area is 200 Å². The number of hydrogen-bond donors (Lipinski definition) is 1. The molecule has 0 amide bonds. The molecule has 4 rings (SSSR count). The molecule has 0 saturated carbocycles. The highest BCUT2D eigenvalue weighted by molar-refractivity contribution is 7.25. The highest BCUT2D eigenvalue weighted by atomic mass is 32.1. The predicted molar refractivity (Wildman–Crippen MR) is 148 cm³/mol. The van der Waals surface area contributed by atoms with E-state index in [9.17, 15) is 0 Å². The van der Waals surface area contributed by atoms with Gasteiger partial charge in [0.25, 0.3) is 0 Å². The van der Waals surface area contributed by atoms with E-state index in [2.05, 4.69) is 116 Å². The van der Waals surface area contributed by atoms with E-state index in [4.69, 9.17) is 0 Å². The monoisotopic (exact) mass is 447 g/mol. The molecule has 164 valence electrons. The molecule has 33 heavy (non-hydrogen) atoms. The van der Waals surface area contributed by atoms with Crippen molar-refractivity contribution in [2.45, 2.75) is 19.4 Å². The van der Waals surface area contributed by atoms with E-state index in [1.165, 1.54) is 31.3 Å². The maximum Gasteiger partial charge on any atom is 0.0560 e. The summed E-state index contributed by atoms with van der Waals surface area (Å²) in [6.45, 7) is 9.95. The van der Waals surface area contributed by atoms with E-state index in [0.717, 1.165) is 17.7 Å². The fraction of sp³-hybridized carbons (Fsp3) is 0.0968. The van der Waals surface area contributed by atoms with Gasteiger partial charge in [-0.05, 0) is 48.3 Å². The van der Waals surface area contributed by atoms with Crippen molar-refractivity contribution in [3.8, 4) is 0 Å². The maximum absolute atomic E-state index is 3.99. The van der Waals surface area contributed by atoms with Gasteiger partial charge in [-0.3, -0.25) is 0 Å². The molecule has 1 N–H and O–H groups in total. The summed E-state index contributed by atoms with van der Waals surface area (Å²) >= 11 is 1.84. The van der Waals surface area contributed by atoms with Crippen molar-refractivity contribution >= 4 is 37.2 Å². The second-order valence-corrected chi connectivity index (χ2v) is 9.00. The number of anilines is 1. The van der Waals surface area contributed by atoms with Crippen LogP contribution in [-0.2, 0) is 6.42 Å². The van der Waals surface area contributed by atoms with Gasteiger partial charge in [0.15, 0.2) is 0 Å². The minimum absolute atomic E-state index is 0.0691. The van der Waals surface area contributed by atoms with E-state index < -0.39 is 0 Å². The van der Waals surface area contributed by atoms with Crippen LogP contribution in [0.15, 0.2) is 134 Å². The Morgan fingerprint density at radius 2 is 1.61 bits per heavy atom. The lowest BCUT2D eigenvalue weighted by Gasteiger charge is -2.24. The molecule has 0 saturated heterocycles. The Morgan fingerprint density at radius 1 is 0.879 bits per heavy atom. The molecule has 4 aromatic rings. The second kappa shape index (κ2) is 10.8. The largest absolute Gasteiger partial charge is 0.378 e. The Hall–Kier alpha value is -3.62. The van der Waals surface area contributed by atoms with Crippen LogP contribution in [0.25, 0.3) is 20.2 Å². The average Bonchev–Trinajstić information content (AvgIpc) is 3.20. The van der Waals surface area contributed by atoms with Gasteiger partial charge in [-0.1, -0.05) is 104 Å². The second-order valence-electron chi connectivity index (χ2n) is 7.91. The van der Waals surface area contributed by atoms with E-state index in [0.29, 0.717) is 0 Å². The summed E-state index contributed by atoms with van der Waals surface area (Å²) in [5.74, 6) is 0. The first kappa shape index (κ1) is 22.6. The van der Waals surface area contributed by atoms with E-state index in [-0.39, 0.29) is 6.04 Å². The summed E-state index contributed by atoms with van der Waals surface area (Å²) in [5, 5.41) is 6.46. The molecule has 0 aliphatic carbocycles. The van der Waals surface area contributed by atoms with Crippen LogP contribution in [-0.4, -0.2) is 6.04 Å². The van der Waals surface area contributed by atoms with Crippen LogP contribution in [0, 0.1) is 0 Å². The van der Waals surface area contributed by atoms with Crippen molar-refractivity contribution in [1.29, 1.82) is 0 Å². The van der Waals surface area contributed by atoms with Gasteiger partial charge in [0.05, 0.1) is 6.04 Å². The summed E-state index contributed by atoms with van der Waals surface area (Å²) in [5.41, 5.74) is 4.71. The molecule has 1 unspecified atom stereocenters. The Kier molecular flexibility index (Phi) is 7.39. The number of allylic oxidation sites excluding steroid dienone is 6. The number of fused-ring (bicyclic) bond motifs is 3. The molecular formula is C31H29NS. The minimum atomic E-state index is 0.0691. The molecule has 2 heteroatoms. The fourth-order valence-electron chi connectivity index (χ4n) is 4.20. The van der Waals surface area contributed by atoms with E-state index >= 15 is 0 Å². The van der Waals surface area contributed by atoms with Crippen LogP contribution < -0.4 is 5.32 Å². The van der Waals surface area contributed by atoms with Gasteiger partial charge in [0, 0.05) is 25.9 Å². The molecule has 0 bridgehead atoms. The minimum Gasteiger partial charge on any atom is -0.378 e. The lowest BCUT2D eigenvalue weighted by atomic mass is 9.91. The number of thiophene rings is 1. The molecule has 0 spiro atoms. The van der Waals surface area contributed by atoms with Crippen molar-refractivity contribution in [1.82, 2.24) is 0 Å². The molecule has 1 aromatic heterocycles. The highest BCUT2D eigenvalue weighted by Crippen LogP contribution is 2.35. The molecule has 0 radical (unpaired) electrons. The summed E-state index contributed by atoms with van der Waals surface area (Å²) in [4.78, 5) is 0. The molecular weight excluding hydrogens is 418 g/mol. The summed E-state index contributed by atoms with van der Waals surface area (Å²) in [7, 11) is 0. The van der Waals surface area contributed by atoms with Crippen molar-refractivity contribution in [3.05, 3.63) is 139 Å². The van der Waals surface area contributed by atoms with Gasteiger partial charge in [-0.25, -0.2) is 0 Å². The van der Waals surface area contributed by atoms with Gasteiger partial charge in [0.2, 0.25) is 0 Å². The van der Waals surface area contributed by atoms with Crippen molar-refractivity contribution in [3.63, 3.8) is 0 Å². The van der Waals surface area contributed by atoms with Gasteiger partial charge >= 0.3 is 0 Å². The standard InChI is InChI=1S/C31H29NS/c1-4-12-24(13-5-2)26(14-6-3)29(21-23-15-8-7-9-16-23)32-25-19-20-28-27-17-10-11-18-30(27)33-31(28)22-25/h4-20,22,29,32H,1,3,21H2,2H3/b13-5-,24-12+,26-14-. The van der Waals surface area contributed by atoms with Crippen LogP contribution in [0.2, 0.25) is 0 Å². The third-order valence-corrected chi connectivity index (χ3v) is 6.79. The maximum atomic E-state index is 3.99. The van der Waals surface area contributed by atoms with Gasteiger partial charge in [0.1, 0.15) is 0 Å². The Bertz CT molecular complexity index is 1350. The SMILES string of the molecule is C=C/C=C(C(/C=C\C)=C/C=C)\C(Cc1ccccc1)Nc1ccc2c(c1)sc1ccccc12. The highest BCUT2D eigenvalue weighted by Gasteiger charge is 2.18. The molecule has 3 aromatic carbocycles. The molecule has 1 atom stereocenters. The van der Waals surface area contributed by atoms with Crippen LogP contribution in [0.1, 0.15) is 12.5 Å². The zero-order valence-corrected chi connectivity index (χ0v) is 19.8. The first-order valence-corrected chi connectivity index (χ1v) is 12.0. The van der Waals surface area contributed by atoms with Gasteiger partial charge < -0.3 is 5.32 Å².